The molecule has 0 bridgehead atoms. The SMILES string of the molecule is CNC(c1cccc(OC)c1)c1cc(Br)cc2c1OCC2. The molecule has 1 aliphatic heterocycles. The number of benzene rings is 2. The van der Waals surface area contributed by atoms with Gasteiger partial charge in [0.25, 0.3) is 0 Å². The van der Waals surface area contributed by atoms with Crippen LogP contribution in [0.3, 0.4) is 0 Å². The second-order valence-corrected chi connectivity index (χ2v) is 6.00. The van der Waals surface area contributed by atoms with Gasteiger partial charge in [0.05, 0.1) is 19.8 Å². The maximum absolute atomic E-state index is 5.85. The third kappa shape index (κ3) is 2.78. The van der Waals surface area contributed by atoms with Gasteiger partial charge >= 0.3 is 0 Å². The lowest BCUT2D eigenvalue weighted by Gasteiger charge is -2.20. The molecule has 1 unspecified atom stereocenters. The summed E-state index contributed by atoms with van der Waals surface area (Å²) in [4.78, 5) is 0. The summed E-state index contributed by atoms with van der Waals surface area (Å²) < 4.78 is 12.3. The first kappa shape index (κ1) is 14.4. The van der Waals surface area contributed by atoms with Crippen LogP contribution in [-0.4, -0.2) is 20.8 Å². The normalized spacial score (nSPS) is 14.4. The number of rotatable bonds is 4. The number of fused-ring (bicyclic) bond motifs is 1. The molecule has 110 valence electrons. The number of methoxy groups -OCH3 is 1. The second-order valence-electron chi connectivity index (χ2n) is 5.08. The standard InChI is InChI=1S/C17H18BrNO2/c1-19-16(11-4-3-5-14(9-11)20-2)15-10-13(18)8-12-6-7-21-17(12)15/h3-5,8-10,16,19H,6-7H2,1-2H3. The van der Waals surface area contributed by atoms with Crippen molar-refractivity contribution in [2.75, 3.05) is 20.8 Å². The molecule has 1 N–H and O–H groups in total. The zero-order valence-electron chi connectivity index (χ0n) is 12.2. The monoisotopic (exact) mass is 347 g/mol. The van der Waals surface area contributed by atoms with Crippen molar-refractivity contribution in [1.29, 1.82) is 0 Å². The predicted octanol–water partition coefficient (Wildman–Crippen LogP) is 3.70. The molecule has 0 saturated heterocycles. The molecule has 0 fully saturated rings. The van der Waals surface area contributed by atoms with Gasteiger partial charge in [-0.3, -0.25) is 0 Å². The van der Waals surface area contributed by atoms with Gasteiger partial charge in [0.1, 0.15) is 11.5 Å². The van der Waals surface area contributed by atoms with E-state index in [0.29, 0.717) is 0 Å². The molecule has 1 aliphatic rings. The Labute approximate surface area is 133 Å². The summed E-state index contributed by atoms with van der Waals surface area (Å²) in [7, 11) is 3.65. The molecule has 0 amide bonds. The maximum atomic E-state index is 5.85. The average molecular weight is 348 g/mol. The molecule has 4 heteroatoms. The third-order valence-electron chi connectivity index (χ3n) is 3.80. The van der Waals surface area contributed by atoms with E-state index in [4.69, 9.17) is 9.47 Å². The highest BCUT2D eigenvalue weighted by Gasteiger charge is 2.23. The van der Waals surface area contributed by atoms with Crippen molar-refractivity contribution in [2.24, 2.45) is 0 Å². The Morgan fingerprint density at radius 3 is 2.90 bits per heavy atom. The summed E-state index contributed by atoms with van der Waals surface area (Å²) in [6.45, 7) is 0.757. The highest BCUT2D eigenvalue weighted by atomic mass is 79.9. The molecule has 0 spiro atoms. The van der Waals surface area contributed by atoms with E-state index in [1.807, 2.05) is 19.2 Å². The van der Waals surface area contributed by atoms with Crippen molar-refractivity contribution < 1.29 is 9.47 Å². The minimum Gasteiger partial charge on any atom is -0.497 e. The number of hydrogen-bond donors (Lipinski definition) is 1. The summed E-state index contributed by atoms with van der Waals surface area (Å²) in [6, 6.07) is 12.5. The van der Waals surface area contributed by atoms with Gasteiger partial charge in [0.15, 0.2) is 0 Å². The van der Waals surface area contributed by atoms with Crippen molar-refractivity contribution in [2.45, 2.75) is 12.5 Å². The topological polar surface area (TPSA) is 30.5 Å². The number of ether oxygens (including phenoxy) is 2. The van der Waals surface area contributed by atoms with E-state index in [0.717, 1.165) is 40.1 Å². The number of nitrogens with one attached hydrogen (secondary N) is 1. The molecule has 1 atom stereocenters. The first-order valence-electron chi connectivity index (χ1n) is 6.99. The Balaban J connectivity index is 2.08. The van der Waals surface area contributed by atoms with Crippen molar-refractivity contribution in [3.8, 4) is 11.5 Å². The summed E-state index contributed by atoms with van der Waals surface area (Å²) in [5.74, 6) is 1.88. The summed E-state index contributed by atoms with van der Waals surface area (Å²) in [5.41, 5.74) is 3.59. The van der Waals surface area contributed by atoms with Crippen LogP contribution in [0.2, 0.25) is 0 Å². The fourth-order valence-electron chi connectivity index (χ4n) is 2.84. The Morgan fingerprint density at radius 2 is 2.14 bits per heavy atom. The van der Waals surface area contributed by atoms with Gasteiger partial charge in [-0.25, -0.2) is 0 Å². The molecular formula is C17H18BrNO2. The largest absolute Gasteiger partial charge is 0.497 e. The molecule has 2 aromatic carbocycles. The van der Waals surface area contributed by atoms with Gasteiger partial charge in [0.2, 0.25) is 0 Å². The summed E-state index contributed by atoms with van der Waals surface area (Å²) >= 11 is 3.61. The Morgan fingerprint density at radius 1 is 1.29 bits per heavy atom. The van der Waals surface area contributed by atoms with Gasteiger partial charge in [-0.2, -0.15) is 0 Å². The predicted molar refractivity (Wildman–Crippen MR) is 87.2 cm³/mol. The minimum atomic E-state index is 0.0736. The van der Waals surface area contributed by atoms with Crippen LogP contribution >= 0.6 is 15.9 Å². The lowest BCUT2D eigenvalue weighted by molar-refractivity contribution is 0.351. The number of halogens is 1. The van der Waals surface area contributed by atoms with Crippen LogP contribution in [0.5, 0.6) is 11.5 Å². The van der Waals surface area contributed by atoms with Crippen molar-refractivity contribution >= 4 is 15.9 Å². The third-order valence-corrected chi connectivity index (χ3v) is 4.26. The van der Waals surface area contributed by atoms with Gasteiger partial charge in [-0.05, 0) is 42.4 Å². The molecule has 3 rings (SSSR count). The van der Waals surface area contributed by atoms with Crippen LogP contribution in [0.15, 0.2) is 40.9 Å². The molecule has 0 aromatic heterocycles. The van der Waals surface area contributed by atoms with Crippen LogP contribution in [0.25, 0.3) is 0 Å². The smallest absolute Gasteiger partial charge is 0.127 e. The van der Waals surface area contributed by atoms with Crippen LogP contribution < -0.4 is 14.8 Å². The van der Waals surface area contributed by atoms with Crippen LogP contribution in [0.1, 0.15) is 22.7 Å². The van der Waals surface area contributed by atoms with Gasteiger partial charge in [-0.1, -0.05) is 28.1 Å². The van der Waals surface area contributed by atoms with Gasteiger partial charge < -0.3 is 14.8 Å². The maximum Gasteiger partial charge on any atom is 0.127 e. The quantitative estimate of drug-likeness (QED) is 0.914. The molecule has 1 heterocycles. The Hall–Kier alpha value is -1.52. The van der Waals surface area contributed by atoms with E-state index in [9.17, 15) is 0 Å². The van der Waals surface area contributed by atoms with E-state index in [1.165, 1.54) is 5.56 Å². The Kier molecular flexibility index (Phi) is 4.17. The highest BCUT2D eigenvalue weighted by Crippen LogP contribution is 2.39. The lowest BCUT2D eigenvalue weighted by atomic mass is 9.96. The van der Waals surface area contributed by atoms with E-state index >= 15 is 0 Å². The lowest BCUT2D eigenvalue weighted by Crippen LogP contribution is -2.18. The van der Waals surface area contributed by atoms with E-state index in [1.54, 1.807) is 7.11 Å². The van der Waals surface area contributed by atoms with E-state index in [2.05, 4.69) is 45.5 Å². The molecule has 0 aliphatic carbocycles. The zero-order valence-corrected chi connectivity index (χ0v) is 13.7. The van der Waals surface area contributed by atoms with Crippen molar-refractivity contribution in [3.05, 3.63) is 57.6 Å². The first-order chi connectivity index (χ1) is 10.2. The van der Waals surface area contributed by atoms with E-state index in [-0.39, 0.29) is 6.04 Å². The minimum absolute atomic E-state index is 0.0736. The molecule has 0 saturated carbocycles. The molecule has 21 heavy (non-hydrogen) atoms. The molecule has 2 aromatic rings. The Bertz CT molecular complexity index is 657. The van der Waals surface area contributed by atoms with Crippen molar-refractivity contribution in [3.63, 3.8) is 0 Å². The number of hydrogen-bond acceptors (Lipinski definition) is 3. The van der Waals surface area contributed by atoms with Crippen molar-refractivity contribution in [1.82, 2.24) is 5.32 Å². The fraction of sp³-hybridized carbons (Fsp3) is 0.294. The highest BCUT2D eigenvalue weighted by molar-refractivity contribution is 9.10. The fourth-order valence-corrected chi connectivity index (χ4v) is 3.36. The van der Waals surface area contributed by atoms with Crippen LogP contribution in [0.4, 0.5) is 0 Å². The molecule has 3 nitrogen and oxygen atoms in total. The van der Waals surface area contributed by atoms with E-state index < -0.39 is 0 Å². The first-order valence-corrected chi connectivity index (χ1v) is 7.78. The summed E-state index contributed by atoms with van der Waals surface area (Å²) in [5, 5.41) is 3.39. The van der Waals surface area contributed by atoms with Crippen LogP contribution in [-0.2, 0) is 6.42 Å². The zero-order chi connectivity index (χ0) is 14.8. The van der Waals surface area contributed by atoms with Gasteiger partial charge in [-0.15, -0.1) is 0 Å². The van der Waals surface area contributed by atoms with Crippen LogP contribution in [0, 0.1) is 0 Å². The average Bonchev–Trinajstić information content (AvgIpc) is 2.96. The summed E-state index contributed by atoms with van der Waals surface area (Å²) in [6.07, 6.45) is 0.969. The van der Waals surface area contributed by atoms with Gasteiger partial charge in [0, 0.05) is 16.5 Å². The molecular weight excluding hydrogens is 330 g/mol. The molecule has 0 radical (unpaired) electrons. The second kappa shape index (κ2) is 6.08.